The van der Waals surface area contributed by atoms with E-state index in [9.17, 15) is 15.0 Å². The van der Waals surface area contributed by atoms with Crippen LogP contribution in [0.15, 0.2) is 51.7 Å². The SMILES string of the molecule is Nc1ccc(-c2cc(=O)oc3cc(O)cc(O)c23)cc1. The molecular formula is C15H11NO4. The van der Waals surface area contributed by atoms with Crippen LogP contribution in [0.3, 0.4) is 0 Å². The lowest BCUT2D eigenvalue weighted by atomic mass is 10.0. The van der Waals surface area contributed by atoms with E-state index in [2.05, 4.69) is 0 Å². The Morgan fingerprint density at radius 1 is 1.00 bits per heavy atom. The highest BCUT2D eigenvalue weighted by atomic mass is 16.4. The summed E-state index contributed by atoms with van der Waals surface area (Å²) in [6, 6.07) is 10.7. The Balaban J connectivity index is 2.40. The van der Waals surface area contributed by atoms with E-state index in [1.807, 2.05) is 0 Å². The van der Waals surface area contributed by atoms with Crippen LogP contribution in [0.4, 0.5) is 5.69 Å². The molecular weight excluding hydrogens is 258 g/mol. The van der Waals surface area contributed by atoms with Gasteiger partial charge in [-0.2, -0.15) is 0 Å². The Labute approximate surface area is 113 Å². The van der Waals surface area contributed by atoms with Crippen molar-refractivity contribution in [1.82, 2.24) is 0 Å². The van der Waals surface area contributed by atoms with Gasteiger partial charge in [-0.25, -0.2) is 4.79 Å². The largest absolute Gasteiger partial charge is 0.508 e. The number of rotatable bonds is 1. The number of nitrogens with two attached hydrogens (primary N) is 1. The third-order valence-electron chi connectivity index (χ3n) is 3.03. The van der Waals surface area contributed by atoms with E-state index in [0.717, 1.165) is 5.56 Å². The van der Waals surface area contributed by atoms with E-state index in [4.69, 9.17) is 10.2 Å². The van der Waals surface area contributed by atoms with Gasteiger partial charge in [0.05, 0.1) is 5.39 Å². The van der Waals surface area contributed by atoms with Gasteiger partial charge in [-0.3, -0.25) is 0 Å². The van der Waals surface area contributed by atoms with Crippen molar-refractivity contribution in [1.29, 1.82) is 0 Å². The molecule has 0 unspecified atom stereocenters. The molecule has 0 fully saturated rings. The summed E-state index contributed by atoms with van der Waals surface area (Å²) in [4.78, 5) is 11.6. The fourth-order valence-electron chi connectivity index (χ4n) is 2.16. The zero-order valence-corrected chi connectivity index (χ0v) is 10.3. The number of phenolic OH excluding ortho intramolecular Hbond substituents is 2. The zero-order chi connectivity index (χ0) is 14.3. The topological polar surface area (TPSA) is 96.7 Å². The van der Waals surface area contributed by atoms with E-state index in [-0.39, 0.29) is 17.1 Å². The fourth-order valence-corrected chi connectivity index (χ4v) is 2.16. The van der Waals surface area contributed by atoms with Crippen LogP contribution in [0.2, 0.25) is 0 Å². The molecule has 3 rings (SSSR count). The Hall–Kier alpha value is -2.95. The van der Waals surface area contributed by atoms with Crippen molar-refractivity contribution in [3.8, 4) is 22.6 Å². The maximum atomic E-state index is 11.6. The minimum atomic E-state index is -0.561. The van der Waals surface area contributed by atoms with Crippen molar-refractivity contribution < 1.29 is 14.6 Å². The molecule has 0 amide bonds. The number of aromatic hydroxyl groups is 2. The lowest BCUT2D eigenvalue weighted by Gasteiger charge is -2.08. The minimum Gasteiger partial charge on any atom is -0.508 e. The molecule has 0 radical (unpaired) electrons. The fraction of sp³-hybridized carbons (Fsp3) is 0. The lowest BCUT2D eigenvalue weighted by molar-refractivity contribution is 0.451. The Bertz CT molecular complexity index is 850. The molecule has 3 aromatic rings. The second-order valence-corrected chi connectivity index (χ2v) is 4.44. The van der Waals surface area contributed by atoms with Gasteiger partial charge in [0.15, 0.2) is 0 Å². The van der Waals surface area contributed by atoms with Gasteiger partial charge >= 0.3 is 5.63 Å². The van der Waals surface area contributed by atoms with Gasteiger partial charge < -0.3 is 20.4 Å². The number of anilines is 1. The Kier molecular flexibility index (Phi) is 2.61. The van der Waals surface area contributed by atoms with Gasteiger partial charge in [-0.15, -0.1) is 0 Å². The standard InChI is InChI=1S/C15H11NO4/c16-9-3-1-8(2-4-9)11-7-14(19)20-13-6-10(17)5-12(18)15(11)13/h1-7,17-18H,16H2. The third-order valence-corrected chi connectivity index (χ3v) is 3.03. The highest BCUT2D eigenvalue weighted by Crippen LogP contribution is 2.36. The number of fused-ring (bicyclic) bond motifs is 1. The number of phenols is 2. The molecule has 0 bridgehead atoms. The molecule has 20 heavy (non-hydrogen) atoms. The highest BCUT2D eigenvalue weighted by Gasteiger charge is 2.13. The van der Waals surface area contributed by atoms with E-state index in [0.29, 0.717) is 16.6 Å². The minimum absolute atomic E-state index is 0.127. The molecule has 0 aliphatic heterocycles. The first-order valence-electron chi connectivity index (χ1n) is 5.90. The van der Waals surface area contributed by atoms with E-state index in [1.54, 1.807) is 24.3 Å². The van der Waals surface area contributed by atoms with Gasteiger partial charge in [0, 0.05) is 29.4 Å². The summed E-state index contributed by atoms with van der Waals surface area (Å²) in [5.74, 6) is -0.330. The quantitative estimate of drug-likeness (QED) is 0.465. The third kappa shape index (κ3) is 1.95. The van der Waals surface area contributed by atoms with Gasteiger partial charge in [0.1, 0.15) is 17.1 Å². The number of hydrogen-bond donors (Lipinski definition) is 3. The average Bonchev–Trinajstić information content (AvgIpc) is 2.37. The molecule has 0 saturated carbocycles. The van der Waals surface area contributed by atoms with Crippen molar-refractivity contribution in [3.05, 3.63) is 52.9 Å². The van der Waals surface area contributed by atoms with Crippen molar-refractivity contribution in [2.24, 2.45) is 0 Å². The maximum absolute atomic E-state index is 11.6. The zero-order valence-electron chi connectivity index (χ0n) is 10.3. The normalized spacial score (nSPS) is 10.8. The van der Waals surface area contributed by atoms with Crippen molar-refractivity contribution >= 4 is 16.7 Å². The smallest absolute Gasteiger partial charge is 0.336 e. The summed E-state index contributed by atoms with van der Waals surface area (Å²) in [6.07, 6.45) is 0. The summed E-state index contributed by atoms with van der Waals surface area (Å²) < 4.78 is 5.01. The monoisotopic (exact) mass is 269 g/mol. The van der Waals surface area contributed by atoms with Crippen LogP contribution in [0.25, 0.3) is 22.1 Å². The summed E-state index contributed by atoms with van der Waals surface area (Å²) >= 11 is 0. The molecule has 0 atom stereocenters. The maximum Gasteiger partial charge on any atom is 0.336 e. The second-order valence-electron chi connectivity index (χ2n) is 4.44. The van der Waals surface area contributed by atoms with Crippen LogP contribution < -0.4 is 11.4 Å². The highest BCUT2D eigenvalue weighted by molar-refractivity contribution is 5.98. The molecule has 0 spiro atoms. The van der Waals surface area contributed by atoms with Crippen LogP contribution in [0.1, 0.15) is 0 Å². The number of benzene rings is 2. The molecule has 2 aromatic carbocycles. The summed E-state index contributed by atoms with van der Waals surface area (Å²) in [7, 11) is 0. The van der Waals surface area contributed by atoms with Gasteiger partial charge in [0.2, 0.25) is 0 Å². The van der Waals surface area contributed by atoms with Crippen molar-refractivity contribution in [2.75, 3.05) is 5.73 Å². The average molecular weight is 269 g/mol. The number of nitrogen functional groups attached to an aromatic ring is 1. The van der Waals surface area contributed by atoms with E-state index in [1.165, 1.54) is 18.2 Å². The molecule has 5 nitrogen and oxygen atoms in total. The summed E-state index contributed by atoms with van der Waals surface area (Å²) in [5.41, 5.74) is 7.04. The van der Waals surface area contributed by atoms with Crippen LogP contribution in [-0.4, -0.2) is 10.2 Å². The first-order valence-corrected chi connectivity index (χ1v) is 5.90. The van der Waals surface area contributed by atoms with Gasteiger partial charge in [0.25, 0.3) is 0 Å². The predicted molar refractivity (Wildman–Crippen MR) is 75.7 cm³/mol. The van der Waals surface area contributed by atoms with Crippen LogP contribution >= 0.6 is 0 Å². The summed E-state index contributed by atoms with van der Waals surface area (Å²) in [6.45, 7) is 0. The van der Waals surface area contributed by atoms with Crippen LogP contribution in [0, 0.1) is 0 Å². The first kappa shape index (κ1) is 12.1. The first-order chi connectivity index (χ1) is 9.54. The predicted octanol–water partition coefficient (Wildman–Crippen LogP) is 2.45. The molecule has 0 aliphatic rings. The lowest BCUT2D eigenvalue weighted by Crippen LogP contribution is -1.98. The Morgan fingerprint density at radius 2 is 1.70 bits per heavy atom. The van der Waals surface area contributed by atoms with E-state index < -0.39 is 5.63 Å². The van der Waals surface area contributed by atoms with Crippen LogP contribution in [-0.2, 0) is 0 Å². The number of hydrogen-bond acceptors (Lipinski definition) is 5. The van der Waals surface area contributed by atoms with Crippen molar-refractivity contribution in [3.63, 3.8) is 0 Å². The molecule has 1 heterocycles. The van der Waals surface area contributed by atoms with Gasteiger partial charge in [-0.05, 0) is 17.7 Å². The van der Waals surface area contributed by atoms with E-state index >= 15 is 0 Å². The van der Waals surface area contributed by atoms with Crippen LogP contribution in [0.5, 0.6) is 11.5 Å². The molecule has 0 saturated heterocycles. The molecule has 5 heteroatoms. The molecule has 100 valence electrons. The summed E-state index contributed by atoms with van der Waals surface area (Å²) in [5, 5.41) is 19.8. The molecule has 0 aliphatic carbocycles. The molecule has 4 N–H and O–H groups in total. The molecule has 1 aromatic heterocycles. The van der Waals surface area contributed by atoms with Gasteiger partial charge in [-0.1, -0.05) is 12.1 Å². The van der Waals surface area contributed by atoms with Crippen molar-refractivity contribution in [2.45, 2.75) is 0 Å². The second kappa shape index (κ2) is 4.31. The Morgan fingerprint density at radius 3 is 2.40 bits per heavy atom.